The van der Waals surface area contributed by atoms with Crippen molar-refractivity contribution in [2.75, 3.05) is 18.1 Å². The minimum atomic E-state index is -3.80. The third-order valence-corrected chi connectivity index (χ3v) is 5.50. The number of hydrogen-bond acceptors (Lipinski definition) is 5. The van der Waals surface area contributed by atoms with Crippen molar-refractivity contribution in [3.8, 4) is 5.75 Å². The molecule has 2 N–H and O–H groups in total. The zero-order chi connectivity index (χ0) is 21.0. The molecule has 29 heavy (non-hydrogen) atoms. The molecule has 3 amide bonds. The molecule has 0 saturated carbocycles. The summed E-state index contributed by atoms with van der Waals surface area (Å²) in [6.45, 7) is 1.16. The second kappa shape index (κ2) is 8.58. The molecule has 154 valence electrons. The summed E-state index contributed by atoms with van der Waals surface area (Å²) in [6.07, 6.45) is -1.17. The summed E-state index contributed by atoms with van der Waals surface area (Å²) in [6, 6.07) is 11.9. The van der Waals surface area contributed by atoms with E-state index in [1.807, 2.05) is 0 Å². The third kappa shape index (κ3) is 5.30. The van der Waals surface area contributed by atoms with Crippen LogP contribution in [0.5, 0.6) is 5.75 Å². The molecular formula is C19H20FN3O5S. The van der Waals surface area contributed by atoms with E-state index < -0.39 is 22.2 Å². The molecule has 1 atom stereocenters. The molecule has 0 radical (unpaired) electrons. The van der Waals surface area contributed by atoms with Gasteiger partial charge in [0.15, 0.2) is 0 Å². The number of sulfonamides is 1. The van der Waals surface area contributed by atoms with E-state index in [1.54, 1.807) is 30.3 Å². The standard InChI is InChI=1S/C19H20FN3O5S/c1-13(20)12-28-16-3-2-4-17(9-16)29(26,27)21-10-14-5-7-15(8-6-14)23-11-18(24)22-19(23)25/h2-9,13,21H,10-12H2,1H3,(H,22,24,25). The van der Waals surface area contributed by atoms with Gasteiger partial charge in [-0.1, -0.05) is 18.2 Å². The molecule has 0 aromatic heterocycles. The van der Waals surface area contributed by atoms with Gasteiger partial charge in [-0.3, -0.25) is 15.0 Å². The Balaban J connectivity index is 1.64. The number of amides is 3. The molecule has 3 rings (SSSR count). The summed E-state index contributed by atoms with van der Waals surface area (Å²) >= 11 is 0. The van der Waals surface area contributed by atoms with Gasteiger partial charge in [0.2, 0.25) is 15.9 Å². The minimum absolute atomic E-state index is 0.00498. The van der Waals surface area contributed by atoms with Crippen LogP contribution in [0.15, 0.2) is 53.4 Å². The molecular weight excluding hydrogens is 401 g/mol. The highest BCUT2D eigenvalue weighted by Crippen LogP contribution is 2.20. The molecule has 0 spiro atoms. The Labute approximate surface area is 167 Å². The Bertz CT molecular complexity index is 1010. The van der Waals surface area contributed by atoms with E-state index >= 15 is 0 Å². The Kier molecular flexibility index (Phi) is 6.14. The van der Waals surface area contributed by atoms with Gasteiger partial charge in [0.05, 0.1) is 4.90 Å². The molecule has 10 heteroatoms. The number of nitrogens with one attached hydrogen (secondary N) is 2. The van der Waals surface area contributed by atoms with Crippen molar-refractivity contribution in [1.82, 2.24) is 10.0 Å². The Morgan fingerprint density at radius 3 is 2.55 bits per heavy atom. The lowest BCUT2D eigenvalue weighted by atomic mass is 10.2. The normalized spacial score (nSPS) is 15.3. The van der Waals surface area contributed by atoms with Gasteiger partial charge in [-0.25, -0.2) is 22.3 Å². The Hall–Kier alpha value is -2.98. The minimum Gasteiger partial charge on any atom is -0.491 e. The fourth-order valence-corrected chi connectivity index (χ4v) is 3.70. The number of imide groups is 1. The molecule has 1 heterocycles. The Morgan fingerprint density at radius 1 is 1.21 bits per heavy atom. The summed E-state index contributed by atoms with van der Waals surface area (Å²) < 4.78 is 45.6. The fraction of sp³-hybridized carbons (Fsp3) is 0.263. The number of hydrogen-bond donors (Lipinski definition) is 2. The molecule has 1 fully saturated rings. The molecule has 1 saturated heterocycles. The zero-order valence-electron chi connectivity index (χ0n) is 15.6. The average Bonchev–Trinajstić information content (AvgIpc) is 3.03. The van der Waals surface area contributed by atoms with Crippen LogP contribution >= 0.6 is 0 Å². The molecule has 2 aromatic rings. The number of carbonyl (C=O) groups is 2. The second-order valence-electron chi connectivity index (χ2n) is 6.50. The van der Waals surface area contributed by atoms with Crippen LogP contribution in [-0.4, -0.2) is 39.7 Å². The monoisotopic (exact) mass is 421 g/mol. The maximum absolute atomic E-state index is 12.9. The van der Waals surface area contributed by atoms with Crippen molar-refractivity contribution in [3.63, 3.8) is 0 Å². The maximum Gasteiger partial charge on any atom is 0.329 e. The van der Waals surface area contributed by atoms with Crippen LogP contribution in [0, 0.1) is 0 Å². The first-order chi connectivity index (χ1) is 13.7. The summed E-state index contributed by atoms with van der Waals surface area (Å²) in [7, 11) is -3.80. The first-order valence-electron chi connectivity index (χ1n) is 8.81. The van der Waals surface area contributed by atoms with Crippen LogP contribution in [-0.2, 0) is 21.4 Å². The van der Waals surface area contributed by atoms with Crippen LogP contribution in [0.25, 0.3) is 0 Å². The lowest BCUT2D eigenvalue weighted by Gasteiger charge is -2.14. The lowest BCUT2D eigenvalue weighted by molar-refractivity contribution is -0.117. The summed E-state index contributed by atoms with van der Waals surface area (Å²) in [4.78, 5) is 24.2. The first kappa shape index (κ1) is 20.7. The quantitative estimate of drug-likeness (QED) is 0.634. The number of benzene rings is 2. The second-order valence-corrected chi connectivity index (χ2v) is 8.26. The number of ether oxygens (including phenoxy) is 1. The van der Waals surface area contributed by atoms with Crippen LogP contribution in [0.2, 0.25) is 0 Å². The number of alkyl halides is 1. The molecule has 0 aliphatic carbocycles. The van der Waals surface area contributed by atoms with E-state index in [0.29, 0.717) is 11.3 Å². The van der Waals surface area contributed by atoms with Gasteiger partial charge >= 0.3 is 6.03 Å². The number of rotatable bonds is 8. The van der Waals surface area contributed by atoms with Crippen molar-refractivity contribution in [2.24, 2.45) is 0 Å². The number of urea groups is 1. The molecule has 1 aliphatic rings. The maximum atomic E-state index is 12.9. The molecule has 2 aromatic carbocycles. The molecule has 1 aliphatic heterocycles. The van der Waals surface area contributed by atoms with Crippen LogP contribution in [0.1, 0.15) is 12.5 Å². The number of carbonyl (C=O) groups excluding carboxylic acids is 2. The van der Waals surface area contributed by atoms with Gasteiger partial charge in [0.25, 0.3) is 0 Å². The van der Waals surface area contributed by atoms with Gasteiger partial charge in [0.1, 0.15) is 25.1 Å². The van der Waals surface area contributed by atoms with E-state index in [9.17, 15) is 22.4 Å². The largest absolute Gasteiger partial charge is 0.491 e. The molecule has 1 unspecified atom stereocenters. The van der Waals surface area contributed by atoms with E-state index in [0.717, 1.165) is 0 Å². The SMILES string of the molecule is CC(F)COc1cccc(S(=O)(=O)NCc2ccc(N3CC(=O)NC3=O)cc2)c1. The number of halogens is 1. The summed E-state index contributed by atoms with van der Waals surface area (Å²) in [5, 5.41) is 2.19. The smallest absolute Gasteiger partial charge is 0.329 e. The van der Waals surface area contributed by atoms with Crippen LogP contribution in [0.4, 0.5) is 14.9 Å². The van der Waals surface area contributed by atoms with E-state index in [2.05, 4.69) is 10.0 Å². The summed E-state index contributed by atoms with van der Waals surface area (Å²) in [5.41, 5.74) is 1.20. The molecule has 0 bridgehead atoms. The van der Waals surface area contributed by atoms with Crippen molar-refractivity contribution in [3.05, 3.63) is 54.1 Å². The number of anilines is 1. The highest BCUT2D eigenvalue weighted by Gasteiger charge is 2.27. The highest BCUT2D eigenvalue weighted by atomic mass is 32.2. The van der Waals surface area contributed by atoms with Crippen molar-refractivity contribution in [1.29, 1.82) is 0 Å². The van der Waals surface area contributed by atoms with Gasteiger partial charge in [-0.15, -0.1) is 0 Å². The van der Waals surface area contributed by atoms with Crippen molar-refractivity contribution in [2.45, 2.75) is 24.5 Å². The predicted molar refractivity (Wildman–Crippen MR) is 104 cm³/mol. The van der Waals surface area contributed by atoms with Gasteiger partial charge in [-0.05, 0) is 36.8 Å². The third-order valence-electron chi connectivity index (χ3n) is 4.10. The van der Waals surface area contributed by atoms with E-state index in [4.69, 9.17) is 4.74 Å². The van der Waals surface area contributed by atoms with Crippen molar-refractivity contribution >= 4 is 27.6 Å². The van der Waals surface area contributed by atoms with Gasteiger partial charge in [-0.2, -0.15) is 0 Å². The van der Waals surface area contributed by atoms with Gasteiger partial charge < -0.3 is 4.74 Å². The topological polar surface area (TPSA) is 105 Å². The van der Waals surface area contributed by atoms with Crippen molar-refractivity contribution < 1.29 is 27.1 Å². The van der Waals surface area contributed by atoms with Crippen LogP contribution < -0.4 is 19.7 Å². The first-order valence-corrected chi connectivity index (χ1v) is 10.3. The highest BCUT2D eigenvalue weighted by molar-refractivity contribution is 7.89. The molecule has 8 nitrogen and oxygen atoms in total. The number of nitrogens with zero attached hydrogens (tertiary/aromatic N) is 1. The fourth-order valence-electron chi connectivity index (χ4n) is 2.65. The van der Waals surface area contributed by atoms with E-state index in [-0.39, 0.29) is 36.2 Å². The van der Waals surface area contributed by atoms with Crippen LogP contribution in [0.3, 0.4) is 0 Å². The summed E-state index contributed by atoms with van der Waals surface area (Å²) in [5.74, 6) is -0.112. The average molecular weight is 421 g/mol. The predicted octanol–water partition coefficient (Wildman–Crippen LogP) is 1.96. The van der Waals surface area contributed by atoms with E-state index in [1.165, 1.54) is 30.0 Å². The lowest BCUT2D eigenvalue weighted by Crippen LogP contribution is -2.27. The Morgan fingerprint density at radius 2 is 1.93 bits per heavy atom. The zero-order valence-corrected chi connectivity index (χ0v) is 16.4. The van der Waals surface area contributed by atoms with Gasteiger partial charge in [0, 0.05) is 18.3 Å².